The maximum absolute atomic E-state index is 12.6. The van der Waals surface area contributed by atoms with Crippen LogP contribution < -0.4 is 10.2 Å². The van der Waals surface area contributed by atoms with Crippen molar-refractivity contribution in [3.05, 3.63) is 117 Å². The van der Waals surface area contributed by atoms with Gasteiger partial charge in [-0.15, -0.1) is 0 Å². The third kappa shape index (κ3) is 5.27. The lowest BCUT2D eigenvalue weighted by Gasteiger charge is -2.12. The average molecular weight is 604 g/mol. The van der Waals surface area contributed by atoms with Crippen molar-refractivity contribution in [3.63, 3.8) is 0 Å². The van der Waals surface area contributed by atoms with E-state index in [1.165, 1.54) is 17.0 Å². The van der Waals surface area contributed by atoms with E-state index < -0.39 is 5.91 Å². The molecule has 36 heavy (non-hydrogen) atoms. The van der Waals surface area contributed by atoms with E-state index in [9.17, 15) is 9.90 Å². The molecule has 2 N–H and O–H groups in total. The van der Waals surface area contributed by atoms with Gasteiger partial charge in [-0.2, -0.15) is 5.10 Å². The molecule has 5 nitrogen and oxygen atoms in total. The zero-order valence-electron chi connectivity index (χ0n) is 18.9. The summed E-state index contributed by atoms with van der Waals surface area (Å²) in [6, 6.07) is 28.9. The molecule has 0 aliphatic heterocycles. The average Bonchev–Trinajstić information content (AvgIpc) is 2.87. The third-order valence-corrected chi connectivity index (χ3v) is 6.88. The smallest absolute Gasteiger partial charge is 0.275 e. The zero-order chi connectivity index (χ0) is 25.1. The first-order valence-electron chi connectivity index (χ1n) is 11.1. The summed E-state index contributed by atoms with van der Waals surface area (Å²) in [4.78, 5) is 12.6. The molecule has 5 rings (SSSR count). The molecule has 5 aromatic carbocycles. The number of hydrogen-bond donors (Lipinski definition) is 2. The number of rotatable bonds is 6. The second-order valence-electron chi connectivity index (χ2n) is 8.20. The summed E-state index contributed by atoms with van der Waals surface area (Å²) in [6.07, 6.45) is 1.53. The first-order valence-corrected chi connectivity index (χ1v) is 12.7. The Morgan fingerprint density at radius 1 is 0.833 bits per heavy atom. The van der Waals surface area contributed by atoms with Crippen molar-refractivity contribution in [2.45, 2.75) is 6.61 Å². The molecule has 0 heterocycles. The van der Waals surface area contributed by atoms with E-state index in [-0.39, 0.29) is 11.3 Å². The van der Waals surface area contributed by atoms with E-state index in [4.69, 9.17) is 4.74 Å². The predicted molar refractivity (Wildman–Crippen MR) is 151 cm³/mol. The van der Waals surface area contributed by atoms with E-state index in [0.29, 0.717) is 12.4 Å². The number of nitrogens with zero attached hydrogens (tertiary/aromatic N) is 1. The van der Waals surface area contributed by atoms with Crippen molar-refractivity contribution in [1.29, 1.82) is 0 Å². The lowest BCUT2D eigenvalue weighted by atomic mass is 10.1. The fourth-order valence-electron chi connectivity index (χ4n) is 3.91. The molecular formula is C29H20Br2N2O3. The van der Waals surface area contributed by atoms with Crippen molar-refractivity contribution in [3.8, 4) is 11.5 Å². The van der Waals surface area contributed by atoms with Crippen LogP contribution >= 0.6 is 31.9 Å². The molecule has 1 amide bonds. The van der Waals surface area contributed by atoms with Crippen LogP contribution in [0.1, 0.15) is 21.5 Å². The number of benzene rings is 5. The fraction of sp³-hybridized carbons (Fsp3) is 0.0345. The van der Waals surface area contributed by atoms with Gasteiger partial charge in [-0.1, -0.05) is 60.7 Å². The number of carbonyl (C=O) groups excluding carboxylic acids is 1. The Morgan fingerprint density at radius 3 is 2.14 bits per heavy atom. The molecule has 0 atom stereocenters. The Labute approximate surface area is 224 Å². The minimum Gasteiger partial charge on any atom is -0.507 e. The molecule has 0 saturated carbocycles. The van der Waals surface area contributed by atoms with Crippen LogP contribution in [0.3, 0.4) is 0 Å². The summed E-state index contributed by atoms with van der Waals surface area (Å²) in [5.74, 6) is 0.0770. The van der Waals surface area contributed by atoms with Gasteiger partial charge in [0.25, 0.3) is 5.91 Å². The number of phenols is 1. The number of ether oxygens (including phenoxy) is 1. The van der Waals surface area contributed by atoms with Crippen molar-refractivity contribution >= 4 is 65.5 Å². The maximum atomic E-state index is 12.6. The van der Waals surface area contributed by atoms with Crippen molar-refractivity contribution in [2.75, 3.05) is 0 Å². The number of amides is 1. The Bertz CT molecular complexity index is 1610. The molecule has 5 aromatic rings. The van der Waals surface area contributed by atoms with Crippen LogP contribution in [0.25, 0.3) is 21.5 Å². The van der Waals surface area contributed by atoms with Crippen molar-refractivity contribution in [2.24, 2.45) is 5.10 Å². The lowest BCUT2D eigenvalue weighted by molar-refractivity contribution is 0.0952. The first-order chi connectivity index (χ1) is 17.5. The van der Waals surface area contributed by atoms with Crippen LogP contribution in [0, 0.1) is 0 Å². The number of hydrogen-bond acceptors (Lipinski definition) is 4. The summed E-state index contributed by atoms with van der Waals surface area (Å²) in [6.45, 7) is 0.417. The number of fused-ring (bicyclic) bond motifs is 2. The van der Waals surface area contributed by atoms with E-state index in [1.807, 2.05) is 48.5 Å². The molecule has 7 heteroatoms. The first kappa shape index (κ1) is 24.0. The monoisotopic (exact) mass is 602 g/mol. The highest BCUT2D eigenvalue weighted by molar-refractivity contribution is 9.11. The van der Waals surface area contributed by atoms with E-state index in [2.05, 4.69) is 72.7 Å². The Kier molecular flexibility index (Phi) is 7.02. The second kappa shape index (κ2) is 10.5. The second-order valence-corrected chi connectivity index (χ2v) is 9.91. The molecule has 0 aromatic heterocycles. The number of aromatic hydroxyl groups is 1. The van der Waals surface area contributed by atoms with Gasteiger partial charge < -0.3 is 9.84 Å². The molecule has 0 unspecified atom stereocenters. The maximum Gasteiger partial charge on any atom is 0.275 e. The number of hydrazone groups is 1. The quantitative estimate of drug-likeness (QED) is 0.155. The number of phenolic OH excluding ortho intramolecular Hbond substituents is 1. The Morgan fingerprint density at radius 2 is 1.44 bits per heavy atom. The van der Waals surface area contributed by atoms with Gasteiger partial charge >= 0.3 is 0 Å². The summed E-state index contributed by atoms with van der Waals surface area (Å²) >= 11 is 7.13. The molecule has 0 aliphatic rings. The lowest BCUT2D eigenvalue weighted by Crippen LogP contribution is -2.17. The highest BCUT2D eigenvalue weighted by Gasteiger charge is 2.12. The minimum atomic E-state index is -0.497. The van der Waals surface area contributed by atoms with Crippen LogP contribution in [0.2, 0.25) is 0 Å². The molecule has 0 saturated heterocycles. The van der Waals surface area contributed by atoms with Gasteiger partial charge in [0.15, 0.2) is 0 Å². The summed E-state index contributed by atoms with van der Waals surface area (Å²) in [7, 11) is 0. The Hall–Kier alpha value is -3.68. The van der Waals surface area contributed by atoms with Crippen LogP contribution in [0.5, 0.6) is 11.5 Å². The highest BCUT2D eigenvalue weighted by Crippen LogP contribution is 2.35. The number of nitrogens with one attached hydrogen (secondary N) is 1. The van der Waals surface area contributed by atoms with Gasteiger partial charge in [0.05, 0.1) is 20.7 Å². The van der Waals surface area contributed by atoms with Crippen LogP contribution in [0.15, 0.2) is 105 Å². The normalized spacial score (nSPS) is 11.3. The van der Waals surface area contributed by atoms with Gasteiger partial charge in [0.1, 0.15) is 18.1 Å². The predicted octanol–water partition coefficient (Wildman–Crippen LogP) is 7.57. The zero-order valence-corrected chi connectivity index (χ0v) is 22.1. The number of carbonyl (C=O) groups is 1. The molecule has 0 bridgehead atoms. The molecule has 0 radical (unpaired) electrons. The molecule has 0 aliphatic carbocycles. The van der Waals surface area contributed by atoms with Crippen LogP contribution in [-0.4, -0.2) is 17.2 Å². The van der Waals surface area contributed by atoms with Gasteiger partial charge in [0, 0.05) is 0 Å². The van der Waals surface area contributed by atoms with Crippen LogP contribution in [-0.2, 0) is 6.61 Å². The SMILES string of the molecule is O=C(NN=Cc1cc(Br)c(OCc2ccc3ccccc3c2)c(Br)c1)c1cc2ccccc2cc1O. The number of halogens is 2. The summed E-state index contributed by atoms with van der Waals surface area (Å²) in [5, 5.41) is 18.4. The minimum absolute atomic E-state index is 0.0974. The van der Waals surface area contributed by atoms with E-state index in [1.54, 1.807) is 12.1 Å². The van der Waals surface area contributed by atoms with Gasteiger partial charge in [-0.25, -0.2) is 5.43 Å². The largest absolute Gasteiger partial charge is 0.507 e. The molecule has 0 fully saturated rings. The van der Waals surface area contributed by atoms with E-state index >= 15 is 0 Å². The molecule has 178 valence electrons. The van der Waals surface area contributed by atoms with Gasteiger partial charge in [-0.3, -0.25) is 4.79 Å². The molecule has 0 spiro atoms. The van der Waals surface area contributed by atoms with E-state index in [0.717, 1.165) is 30.8 Å². The molecular weight excluding hydrogens is 584 g/mol. The topological polar surface area (TPSA) is 70.9 Å². The van der Waals surface area contributed by atoms with Gasteiger partial charge in [-0.05, 0) is 94.9 Å². The third-order valence-electron chi connectivity index (χ3n) is 5.71. The summed E-state index contributed by atoms with van der Waals surface area (Å²) in [5.41, 5.74) is 4.45. The van der Waals surface area contributed by atoms with Crippen molar-refractivity contribution < 1.29 is 14.6 Å². The highest BCUT2D eigenvalue weighted by atomic mass is 79.9. The van der Waals surface area contributed by atoms with Gasteiger partial charge in [0.2, 0.25) is 0 Å². The summed E-state index contributed by atoms with van der Waals surface area (Å²) < 4.78 is 7.57. The standard InChI is InChI=1S/C29H20Br2N2O3/c30-25-12-19(16-32-33-29(35)24-14-22-7-3-4-8-23(22)15-27(24)34)13-26(31)28(25)36-17-18-9-10-20-5-1-2-6-21(20)11-18/h1-16,34H,17H2,(H,33,35). The van der Waals surface area contributed by atoms with Crippen molar-refractivity contribution in [1.82, 2.24) is 5.43 Å². The Balaban J connectivity index is 1.26. The van der Waals surface area contributed by atoms with Crippen LogP contribution in [0.4, 0.5) is 0 Å². The fourth-order valence-corrected chi connectivity index (χ4v) is 5.36.